The SMILES string of the molecule is CC(C)(C)OC(=O)c1ccc(CCCC2CCc3nc(N)[nH]c(=O)c3C2)cc1. The molecule has 1 heterocycles. The van der Waals surface area contributed by atoms with Crippen molar-refractivity contribution in [2.24, 2.45) is 5.92 Å². The number of aromatic nitrogens is 2. The van der Waals surface area contributed by atoms with Crippen LogP contribution in [-0.4, -0.2) is 21.5 Å². The van der Waals surface area contributed by atoms with E-state index in [9.17, 15) is 9.59 Å². The van der Waals surface area contributed by atoms with E-state index in [-0.39, 0.29) is 17.5 Å². The van der Waals surface area contributed by atoms with Gasteiger partial charge in [-0.15, -0.1) is 0 Å². The smallest absolute Gasteiger partial charge is 0.338 e. The number of esters is 1. The molecule has 0 spiro atoms. The van der Waals surface area contributed by atoms with Crippen LogP contribution >= 0.6 is 0 Å². The van der Waals surface area contributed by atoms with Crippen LogP contribution in [0.25, 0.3) is 0 Å². The van der Waals surface area contributed by atoms with Crippen molar-refractivity contribution in [2.45, 2.75) is 64.9 Å². The first-order valence-corrected chi connectivity index (χ1v) is 9.91. The van der Waals surface area contributed by atoms with Crippen LogP contribution < -0.4 is 11.3 Å². The summed E-state index contributed by atoms with van der Waals surface area (Å²) in [6.45, 7) is 5.59. The Morgan fingerprint density at radius 3 is 2.68 bits per heavy atom. The molecule has 3 rings (SSSR count). The third-order valence-electron chi connectivity index (χ3n) is 5.07. The molecule has 1 aliphatic carbocycles. The highest BCUT2D eigenvalue weighted by Gasteiger charge is 2.22. The van der Waals surface area contributed by atoms with Gasteiger partial charge in [-0.1, -0.05) is 12.1 Å². The van der Waals surface area contributed by atoms with E-state index in [1.165, 1.54) is 5.56 Å². The predicted molar refractivity (Wildman–Crippen MR) is 109 cm³/mol. The van der Waals surface area contributed by atoms with Crippen LogP contribution in [0.15, 0.2) is 29.1 Å². The number of hydrogen-bond acceptors (Lipinski definition) is 5. The molecule has 1 unspecified atom stereocenters. The lowest BCUT2D eigenvalue weighted by molar-refractivity contribution is 0.00695. The number of benzene rings is 1. The second-order valence-corrected chi connectivity index (χ2v) is 8.58. The summed E-state index contributed by atoms with van der Waals surface area (Å²) in [7, 11) is 0. The number of hydrogen-bond donors (Lipinski definition) is 2. The lowest BCUT2D eigenvalue weighted by atomic mass is 9.83. The molecule has 0 saturated heterocycles. The van der Waals surface area contributed by atoms with E-state index < -0.39 is 5.60 Å². The van der Waals surface area contributed by atoms with Gasteiger partial charge < -0.3 is 10.5 Å². The van der Waals surface area contributed by atoms with Crippen LogP contribution in [0.2, 0.25) is 0 Å². The number of nitrogens with two attached hydrogens (primary N) is 1. The number of nitrogen functional groups attached to an aromatic ring is 1. The van der Waals surface area contributed by atoms with Gasteiger partial charge in [0.1, 0.15) is 5.60 Å². The fraction of sp³-hybridized carbons (Fsp3) is 0.500. The maximum absolute atomic E-state index is 12.1. The van der Waals surface area contributed by atoms with Crippen molar-refractivity contribution in [3.8, 4) is 0 Å². The molecule has 1 aromatic carbocycles. The Hall–Kier alpha value is -2.63. The molecule has 2 aromatic rings. The van der Waals surface area contributed by atoms with Crippen molar-refractivity contribution in [2.75, 3.05) is 5.73 Å². The number of aryl methyl sites for hydroxylation is 2. The van der Waals surface area contributed by atoms with Gasteiger partial charge in [0.2, 0.25) is 5.95 Å². The molecule has 0 saturated carbocycles. The van der Waals surface area contributed by atoms with Crippen molar-refractivity contribution in [1.29, 1.82) is 0 Å². The molecule has 6 nitrogen and oxygen atoms in total. The normalized spacial score (nSPS) is 16.5. The van der Waals surface area contributed by atoms with Crippen molar-refractivity contribution < 1.29 is 9.53 Å². The van der Waals surface area contributed by atoms with Gasteiger partial charge in [0.15, 0.2) is 0 Å². The van der Waals surface area contributed by atoms with Gasteiger partial charge in [0.25, 0.3) is 5.56 Å². The van der Waals surface area contributed by atoms with E-state index in [2.05, 4.69) is 9.97 Å². The molecule has 3 N–H and O–H groups in total. The Morgan fingerprint density at radius 2 is 2.00 bits per heavy atom. The zero-order chi connectivity index (χ0) is 20.3. The van der Waals surface area contributed by atoms with Crippen LogP contribution in [-0.2, 0) is 24.0 Å². The Balaban J connectivity index is 1.50. The van der Waals surface area contributed by atoms with Gasteiger partial charge in [0, 0.05) is 5.56 Å². The number of fused-ring (bicyclic) bond motifs is 1. The number of carbonyl (C=O) groups is 1. The van der Waals surface area contributed by atoms with Crippen LogP contribution in [0.3, 0.4) is 0 Å². The van der Waals surface area contributed by atoms with E-state index in [1.807, 2.05) is 45.0 Å². The Morgan fingerprint density at radius 1 is 1.29 bits per heavy atom. The summed E-state index contributed by atoms with van der Waals surface area (Å²) in [4.78, 5) is 31.0. The van der Waals surface area contributed by atoms with Gasteiger partial charge in [-0.2, -0.15) is 0 Å². The minimum absolute atomic E-state index is 0.0927. The number of nitrogens with zero attached hydrogens (tertiary/aromatic N) is 1. The fourth-order valence-corrected chi connectivity index (χ4v) is 3.70. The number of carbonyl (C=O) groups excluding carboxylic acids is 1. The maximum Gasteiger partial charge on any atom is 0.338 e. The van der Waals surface area contributed by atoms with Crippen molar-refractivity contribution in [1.82, 2.24) is 9.97 Å². The van der Waals surface area contributed by atoms with Gasteiger partial charge in [-0.3, -0.25) is 9.78 Å². The second-order valence-electron chi connectivity index (χ2n) is 8.58. The molecule has 6 heteroatoms. The average Bonchev–Trinajstić information content (AvgIpc) is 2.61. The largest absolute Gasteiger partial charge is 0.456 e. The second kappa shape index (κ2) is 8.17. The first-order valence-electron chi connectivity index (χ1n) is 9.91. The van der Waals surface area contributed by atoms with Crippen LogP contribution in [0.1, 0.15) is 67.2 Å². The minimum atomic E-state index is -0.489. The van der Waals surface area contributed by atoms with Gasteiger partial charge in [-0.05, 0) is 82.9 Å². The van der Waals surface area contributed by atoms with E-state index in [1.54, 1.807) is 0 Å². The summed E-state index contributed by atoms with van der Waals surface area (Å²) in [6.07, 6.45) is 5.70. The molecule has 1 aromatic heterocycles. The Labute approximate surface area is 165 Å². The quantitative estimate of drug-likeness (QED) is 0.771. The molecular formula is C22H29N3O3. The number of rotatable bonds is 5. The Bertz CT molecular complexity index is 895. The summed E-state index contributed by atoms with van der Waals surface area (Å²) in [6, 6.07) is 7.64. The van der Waals surface area contributed by atoms with Gasteiger partial charge in [-0.25, -0.2) is 9.78 Å². The highest BCUT2D eigenvalue weighted by molar-refractivity contribution is 5.89. The number of ether oxygens (including phenoxy) is 1. The summed E-state index contributed by atoms with van der Waals surface area (Å²) in [5, 5.41) is 0. The molecule has 0 radical (unpaired) electrons. The zero-order valence-corrected chi connectivity index (χ0v) is 16.9. The monoisotopic (exact) mass is 383 g/mol. The lowest BCUT2D eigenvalue weighted by Gasteiger charge is -2.23. The topological polar surface area (TPSA) is 98.1 Å². The molecular weight excluding hydrogens is 354 g/mol. The summed E-state index contributed by atoms with van der Waals surface area (Å²) < 4.78 is 5.39. The molecule has 0 fully saturated rings. The number of anilines is 1. The number of aromatic amines is 1. The van der Waals surface area contributed by atoms with Crippen molar-refractivity contribution in [3.63, 3.8) is 0 Å². The summed E-state index contributed by atoms with van der Waals surface area (Å²) in [5.41, 5.74) is 8.48. The molecule has 0 bridgehead atoms. The predicted octanol–water partition coefficient (Wildman–Crippen LogP) is 3.44. The molecule has 1 aliphatic rings. The fourth-order valence-electron chi connectivity index (χ4n) is 3.70. The summed E-state index contributed by atoms with van der Waals surface area (Å²) in [5.74, 6) is 0.413. The molecule has 1 atom stereocenters. The molecule has 0 aliphatic heterocycles. The van der Waals surface area contributed by atoms with E-state index in [4.69, 9.17) is 10.5 Å². The zero-order valence-electron chi connectivity index (χ0n) is 16.9. The number of nitrogens with one attached hydrogen (secondary N) is 1. The Kier molecular flexibility index (Phi) is 5.87. The first kappa shape index (κ1) is 20.1. The highest BCUT2D eigenvalue weighted by Crippen LogP contribution is 2.26. The van der Waals surface area contributed by atoms with Crippen LogP contribution in [0.5, 0.6) is 0 Å². The van der Waals surface area contributed by atoms with E-state index in [0.717, 1.165) is 49.8 Å². The molecule has 150 valence electrons. The van der Waals surface area contributed by atoms with Crippen molar-refractivity contribution >= 4 is 11.9 Å². The van der Waals surface area contributed by atoms with Crippen LogP contribution in [0, 0.1) is 5.92 Å². The standard InChI is InChI=1S/C22H29N3O3/c1-22(2,3)28-20(27)16-10-7-14(8-11-16)5-4-6-15-9-12-18-17(13-15)19(26)25-21(23)24-18/h7-8,10-11,15H,4-6,9,12-13H2,1-3H3,(H3,23,24,25,26). The van der Waals surface area contributed by atoms with E-state index in [0.29, 0.717) is 11.5 Å². The summed E-state index contributed by atoms with van der Waals surface area (Å²) >= 11 is 0. The van der Waals surface area contributed by atoms with Crippen molar-refractivity contribution in [3.05, 3.63) is 57.0 Å². The molecule has 0 amide bonds. The van der Waals surface area contributed by atoms with Gasteiger partial charge in [0.05, 0.1) is 11.3 Å². The molecule has 28 heavy (non-hydrogen) atoms. The lowest BCUT2D eigenvalue weighted by Crippen LogP contribution is -2.26. The van der Waals surface area contributed by atoms with E-state index >= 15 is 0 Å². The number of H-pyrrole nitrogens is 1. The maximum atomic E-state index is 12.1. The van der Waals surface area contributed by atoms with Gasteiger partial charge >= 0.3 is 5.97 Å². The average molecular weight is 383 g/mol. The minimum Gasteiger partial charge on any atom is -0.456 e. The third kappa shape index (κ3) is 5.21. The highest BCUT2D eigenvalue weighted by atomic mass is 16.6. The first-order chi connectivity index (χ1) is 13.2. The van der Waals surface area contributed by atoms with Crippen LogP contribution in [0.4, 0.5) is 5.95 Å². The third-order valence-corrected chi connectivity index (χ3v) is 5.07.